The van der Waals surface area contributed by atoms with Gasteiger partial charge in [0.05, 0.1) is 20.8 Å². The molecule has 0 spiro atoms. The van der Waals surface area contributed by atoms with E-state index < -0.39 is 44.5 Å². The Morgan fingerprint density at radius 2 is 2.04 bits per heavy atom. The predicted octanol–water partition coefficient (Wildman–Crippen LogP) is -9.83. The summed E-state index contributed by atoms with van der Waals surface area (Å²) in [6, 6.07) is 0. The van der Waals surface area contributed by atoms with Crippen molar-refractivity contribution >= 4 is 24.9 Å². The second-order valence-corrected chi connectivity index (χ2v) is 6.22. The van der Waals surface area contributed by atoms with Gasteiger partial charge in [0.15, 0.2) is 17.4 Å². The summed E-state index contributed by atoms with van der Waals surface area (Å²) in [5, 5.41) is 20.0. The van der Waals surface area contributed by atoms with Crippen LogP contribution in [0.4, 0.5) is 5.95 Å². The largest absolute Gasteiger partial charge is 1.00 e. The van der Waals surface area contributed by atoms with Gasteiger partial charge in [-0.1, -0.05) is 0 Å². The van der Waals surface area contributed by atoms with E-state index in [1.54, 1.807) is 0 Å². The van der Waals surface area contributed by atoms with Crippen molar-refractivity contribution in [3.8, 4) is 0 Å². The minimum atomic E-state index is -5.26. The van der Waals surface area contributed by atoms with Gasteiger partial charge in [0.25, 0.3) is 5.56 Å². The summed E-state index contributed by atoms with van der Waals surface area (Å²) in [6.45, 7) is -0.776. The van der Waals surface area contributed by atoms with Crippen molar-refractivity contribution in [2.45, 2.75) is 24.5 Å². The van der Waals surface area contributed by atoms with Gasteiger partial charge in [-0.25, -0.2) is 4.98 Å². The molecule has 1 fully saturated rings. The fraction of sp³-hybridized carbons (Fsp3) is 0.500. The monoisotopic (exact) mass is 407 g/mol. The number of hydrogen-bond acceptors (Lipinski definition) is 11. The molecule has 1 aliphatic rings. The number of nitrogens with zero attached hydrogens (tertiary/aromatic N) is 3. The van der Waals surface area contributed by atoms with Gasteiger partial charge >= 0.3 is 59.1 Å². The first-order chi connectivity index (χ1) is 11.2. The SMILES string of the molecule is Nc1nc2c(ncn2[C@H]2O[C@H](COP(=O)([O-])[O-])[C@@H](O)[C@H]2O)c(=O)[nH]1.[Na+].[Na+]. The first kappa shape index (κ1) is 24.2. The number of imidazole rings is 1. The maximum Gasteiger partial charge on any atom is 1.00 e. The van der Waals surface area contributed by atoms with Gasteiger partial charge < -0.3 is 39.6 Å². The quantitative estimate of drug-likeness (QED) is 0.276. The molecule has 2 aromatic heterocycles. The molecular weight excluding hydrogens is 395 g/mol. The Bertz CT molecular complexity index is 871. The molecule has 4 atom stereocenters. The predicted molar refractivity (Wildman–Crippen MR) is 72.0 cm³/mol. The van der Waals surface area contributed by atoms with Gasteiger partial charge in [-0.2, -0.15) is 4.98 Å². The molecule has 0 bridgehead atoms. The van der Waals surface area contributed by atoms with Crippen molar-refractivity contribution in [2.24, 2.45) is 0 Å². The van der Waals surface area contributed by atoms with E-state index in [4.69, 9.17) is 10.5 Å². The van der Waals surface area contributed by atoms with Gasteiger partial charge in [-0.15, -0.1) is 0 Å². The van der Waals surface area contributed by atoms with Crippen LogP contribution in [0.15, 0.2) is 11.1 Å². The molecule has 0 saturated carbocycles. The van der Waals surface area contributed by atoms with E-state index in [0.717, 1.165) is 10.9 Å². The summed E-state index contributed by atoms with van der Waals surface area (Å²) < 4.78 is 21.0. The van der Waals surface area contributed by atoms with Crippen LogP contribution < -0.4 is 80.2 Å². The molecule has 132 valence electrons. The van der Waals surface area contributed by atoms with Crippen molar-refractivity contribution in [3.63, 3.8) is 0 Å². The number of nitrogens with one attached hydrogen (secondary N) is 1. The molecular formula is C10H12N5Na2O8P. The van der Waals surface area contributed by atoms with E-state index in [1.807, 2.05) is 0 Å². The van der Waals surface area contributed by atoms with Crippen LogP contribution in [0.5, 0.6) is 0 Å². The number of rotatable bonds is 4. The number of H-pyrrole nitrogens is 1. The average Bonchev–Trinajstić information content (AvgIpc) is 3.00. The number of phosphoric ester groups is 1. The molecule has 5 N–H and O–H groups in total. The molecule has 16 heteroatoms. The summed E-state index contributed by atoms with van der Waals surface area (Å²) in [7, 11) is -5.26. The van der Waals surface area contributed by atoms with Crippen molar-refractivity contribution in [3.05, 3.63) is 16.7 Å². The van der Waals surface area contributed by atoms with Gasteiger partial charge in [-0.05, 0) is 0 Å². The zero-order chi connectivity index (χ0) is 17.6. The van der Waals surface area contributed by atoms with Crippen LogP contribution in [-0.4, -0.2) is 54.7 Å². The number of ether oxygens (including phenoxy) is 1. The number of aliphatic hydroxyl groups excluding tert-OH is 2. The molecule has 1 aliphatic heterocycles. The molecule has 0 aromatic carbocycles. The first-order valence-electron chi connectivity index (χ1n) is 6.58. The maximum absolute atomic E-state index is 11.7. The Morgan fingerprint density at radius 1 is 1.38 bits per heavy atom. The Morgan fingerprint density at radius 3 is 2.65 bits per heavy atom. The molecule has 0 aliphatic carbocycles. The minimum absolute atomic E-state index is 0. The van der Waals surface area contributed by atoms with Gasteiger partial charge in [-0.3, -0.25) is 14.3 Å². The molecule has 0 unspecified atom stereocenters. The van der Waals surface area contributed by atoms with E-state index in [-0.39, 0.29) is 76.2 Å². The molecule has 3 rings (SSSR count). The first-order valence-corrected chi connectivity index (χ1v) is 8.04. The number of aromatic nitrogens is 4. The minimum Gasteiger partial charge on any atom is -0.790 e. The number of nitrogens with two attached hydrogens (primary N) is 1. The van der Waals surface area contributed by atoms with Crippen LogP contribution in [0.25, 0.3) is 11.2 Å². The number of anilines is 1. The van der Waals surface area contributed by atoms with Crippen LogP contribution >= 0.6 is 7.82 Å². The Hall–Kier alpha value is 0.140. The zero-order valence-corrected chi connectivity index (χ0v) is 18.7. The van der Waals surface area contributed by atoms with Crippen LogP contribution in [0, 0.1) is 0 Å². The number of fused-ring (bicyclic) bond motifs is 1. The number of aliphatic hydroxyl groups is 2. The van der Waals surface area contributed by atoms with Gasteiger partial charge in [0.1, 0.15) is 18.3 Å². The van der Waals surface area contributed by atoms with Gasteiger partial charge in [0.2, 0.25) is 5.95 Å². The second-order valence-electron chi connectivity index (χ2n) is 5.06. The van der Waals surface area contributed by atoms with Crippen LogP contribution in [0.3, 0.4) is 0 Å². The fourth-order valence-corrected chi connectivity index (χ4v) is 2.72. The molecule has 1 saturated heterocycles. The standard InChI is InChI=1S/C10H14N5O8P.2Na/c11-10-13-7-4(8(18)14-10)12-2-15(7)9-6(17)5(16)3(23-9)1-22-24(19,20)21;;/h2-3,5-6,9,16-17H,1H2,(H2,19,20,21)(H3,11,13,14,18);;/q;2*+1/p-2/t3-,5-,6-,9+;;/m1../s1. The van der Waals surface area contributed by atoms with Crippen molar-refractivity contribution in [1.29, 1.82) is 0 Å². The molecule has 3 heterocycles. The normalized spacial score (nSPS) is 25.7. The molecule has 13 nitrogen and oxygen atoms in total. The van der Waals surface area contributed by atoms with E-state index in [9.17, 15) is 29.4 Å². The van der Waals surface area contributed by atoms with E-state index in [2.05, 4.69) is 19.5 Å². The van der Waals surface area contributed by atoms with Crippen LogP contribution in [0.1, 0.15) is 6.23 Å². The molecule has 2 aromatic rings. The maximum atomic E-state index is 11.7. The third-order valence-electron chi connectivity index (χ3n) is 3.46. The molecule has 26 heavy (non-hydrogen) atoms. The summed E-state index contributed by atoms with van der Waals surface area (Å²) in [6.07, 6.45) is -4.46. The molecule has 0 radical (unpaired) electrons. The fourth-order valence-electron chi connectivity index (χ4n) is 2.39. The number of phosphoric acid groups is 1. The summed E-state index contributed by atoms with van der Waals surface area (Å²) in [4.78, 5) is 42.7. The van der Waals surface area contributed by atoms with Crippen molar-refractivity contribution in [2.75, 3.05) is 12.3 Å². The van der Waals surface area contributed by atoms with Crippen LogP contribution in [-0.2, 0) is 13.8 Å². The van der Waals surface area contributed by atoms with Crippen LogP contribution in [0.2, 0.25) is 0 Å². The third-order valence-corrected chi connectivity index (χ3v) is 3.92. The number of aromatic amines is 1. The van der Waals surface area contributed by atoms with Gasteiger partial charge in [0, 0.05) is 0 Å². The zero-order valence-electron chi connectivity index (χ0n) is 13.8. The number of hydrogen-bond donors (Lipinski definition) is 4. The van der Waals surface area contributed by atoms with Crippen molar-refractivity contribution < 1.29 is 92.9 Å². The second kappa shape index (κ2) is 9.09. The number of nitrogen functional groups attached to an aromatic ring is 1. The Labute approximate surface area is 189 Å². The average molecular weight is 407 g/mol. The summed E-state index contributed by atoms with van der Waals surface area (Å²) in [5.41, 5.74) is 4.77. The Kier molecular flexibility index (Phi) is 8.46. The summed E-state index contributed by atoms with van der Waals surface area (Å²) in [5.74, 6) is -0.194. The molecule has 0 amide bonds. The third kappa shape index (κ3) is 4.94. The summed E-state index contributed by atoms with van der Waals surface area (Å²) >= 11 is 0. The van der Waals surface area contributed by atoms with E-state index >= 15 is 0 Å². The topological polar surface area (TPSA) is 212 Å². The van der Waals surface area contributed by atoms with E-state index in [0.29, 0.717) is 0 Å². The Balaban J connectivity index is 0.00000169. The van der Waals surface area contributed by atoms with E-state index in [1.165, 1.54) is 0 Å². The smallest absolute Gasteiger partial charge is 0.790 e. The van der Waals surface area contributed by atoms with Crippen molar-refractivity contribution in [1.82, 2.24) is 19.5 Å².